The van der Waals surface area contributed by atoms with Gasteiger partial charge in [0.05, 0.1) is 41.5 Å². The lowest BCUT2D eigenvalue weighted by molar-refractivity contribution is 0.641. The fourth-order valence-electron chi connectivity index (χ4n) is 3.47. The number of para-hydroxylation sites is 2. The van der Waals surface area contributed by atoms with Gasteiger partial charge in [-0.2, -0.15) is 5.10 Å². The van der Waals surface area contributed by atoms with Crippen LogP contribution in [0, 0.1) is 0 Å². The van der Waals surface area contributed by atoms with Gasteiger partial charge < -0.3 is 9.80 Å². The number of fused-ring (bicyclic) bond motifs is 1. The minimum Gasteiger partial charge on any atom is -0.352 e. The van der Waals surface area contributed by atoms with Crippen molar-refractivity contribution >= 4 is 22.7 Å². The predicted octanol–water partition coefficient (Wildman–Crippen LogP) is 2.15. The number of piperazine rings is 1. The van der Waals surface area contributed by atoms with E-state index < -0.39 is 0 Å². The molecule has 0 aliphatic carbocycles. The van der Waals surface area contributed by atoms with Crippen molar-refractivity contribution in [2.45, 2.75) is 0 Å². The standard InChI is InChI=1S/C20H20N8/c1-26-14-15(10-23-26)18-11-21-12-19(25-18)27-6-8-28(9-7-27)20-13-22-16-4-2-3-5-17(16)24-20/h2-5,10-14H,6-9H2,1H3. The fraction of sp³-hybridized carbons (Fsp3) is 0.250. The number of nitrogens with zero attached hydrogens (tertiary/aromatic N) is 8. The van der Waals surface area contributed by atoms with Gasteiger partial charge in [0.15, 0.2) is 0 Å². The molecular weight excluding hydrogens is 352 g/mol. The van der Waals surface area contributed by atoms with Crippen LogP contribution in [-0.2, 0) is 7.05 Å². The lowest BCUT2D eigenvalue weighted by atomic mass is 10.2. The first-order chi connectivity index (χ1) is 13.8. The summed E-state index contributed by atoms with van der Waals surface area (Å²) >= 11 is 0. The van der Waals surface area contributed by atoms with E-state index in [4.69, 9.17) is 9.97 Å². The van der Waals surface area contributed by atoms with Gasteiger partial charge in [0.2, 0.25) is 0 Å². The molecule has 0 atom stereocenters. The third-order valence-electron chi connectivity index (χ3n) is 4.99. The minimum atomic E-state index is 0.841. The Balaban J connectivity index is 1.31. The zero-order chi connectivity index (χ0) is 18.9. The molecule has 0 bridgehead atoms. The van der Waals surface area contributed by atoms with E-state index in [2.05, 4.69) is 24.9 Å². The highest BCUT2D eigenvalue weighted by atomic mass is 15.3. The molecule has 4 heterocycles. The first-order valence-corrected chi connectivity index (χ1v) is 9.29. The number of aromatic nitrogens is 6. The topological polar surface area (TPSA) is 75.9 Å². The van der Waals surface area contributed by atoms with Gasteiger partial charge in [-0.25, -0.2) is 9.97 Å². The second kappa shape index (κ2) is 6.88. The lowest BCUT2D eigenvalue weighted by Gasteiger charge is -2.35. The van der Waals surface area contributed by atoms with Crippen LogP contribution in [0.1, 0.15) is 0 Å². The van der Waals surface area contributed by atoms with E-state index in [-0.39, 0.29) is 0 Å². The normalized spacial score (nSPS) is 14.6. The number of anilines is 2. The molecule has 8 nitrogen and oxygen atoms in total. The zero-order valence-electron chi connectivity index (χ0n) is 15.6. The van der Waals surface area contributed by atoms with Crippen molar-refractivity contribution < 1.29 is 0 Å². The number of benzene rings is 1. The molecule has 1 saturated heterocycles. The molecule has 8 heteroatoms. The molecule has 4 aromatic rings. The Kier molecular flexibility index (Phi) is 4.08. The van der Waals surface area contributed by atoms with Crippen molar-refractivity contribution in [3.8, 4) is 11.3 Å². The Hall–Kier alpha value is -3.55. The Morgan fingerprint density at radius 2 is 1.50 bits per heavy atom. The maximum absolute atomic E-state index is 4.78. The molecule has 1 aliphatic rings. The molecular formula is C20H20N8. The lowest BCUT2D eigenvalue weighted by Crippen LogP contribution is -2.47. The van der Waals surface area contributed by atoms with Crippen molar-refractivity contribution in [1.82, 2.24) is 29.7 Å². The third kappa shape index (κ3) is 3.13. The van der Waals surface area contributed by atoms with Crippen LogP contribution in [0.25, 0.3) is 22.3 Å². The van der Waals surface area contributed by atoms with Crippen molar-refractivity contribution in [2.24, 2.45) is 7.05 Å². The molecule has 0 radical (unpaired) electrons. The Bertz CT molecular complexity index is 1110. The Labute approximate surface area is 162 Å². The average molecular weight is 372 g/mol. The van der Waals surface area contributed by atoms with Crippen molar-refractivity contribution in [2.75, 3.05) is 36.0 Å². The van der Waals surface area contributed by atoms with Crippen LogP contribution >= 0.6 is 0 Å². The summed E-state index contributed by atoms with van der Waals surface area (Å²) in [6, 6.07) is 7.96. The van der Waals surface area contributed by atoms with Crippen molar-refractivity contribution in [1.29, 1.82) is 0 Å². The van der Waals surface area contributed by atoms with Crippen LogP contribution in [-0.4, -0.2) is 55.9 Å². The molecule has 1 fully saturated rings. The maximum Gasteiger partial charge on any atom is 0.147 e. The summed E-state index contributed by atoms with van der Waals surface area (Å²) in [5.41, 5.74) is 3.67. The van der Waals surface area contributed by atoms with Gasteiger partial charge >= 0.3 is 0 Å². The summed E-state index contributed by atoms with van der Waals surface area (Å²) in [5, 5.41) is 4.22. The first-order valence-electron chi connectivity index (χ1n) is 9.29. The summed E-state index contributed by atoms with van der Waals surface area (Å²) in [6.45, 7) is 3.46. The van der Waals surface area contributed by atoms with Crippen LogP contribution in [0.4, 0.5) is 11.6 Å². The van der Waals surface area contributed by atoms with Gasteiger partial charge in [-0.3, -0.25) is 14.6 Å². The molecule has 0 saturated carbocycles. The summed E-state index contributed by atoms with van der Waals surface area (Å²) in [6.07, 6.45) is 9.22. The van der Waals surface area contributed by atoms with E-state index >= 15 is 0 Å². The molecule has 0 unspecified atom stereocenters. The molecule has 3 aromatic heterocycles. The highest BCUT2D eigenvalue weighted by Crippen LogP contribution is 2.21. The van der Waals surface area contributed by atoms with Gasteiger partial charge in [-0.1, -0.05) is 12.1 Å². The zero-order valence-corrected chi connectivity index (χ0v) is 15.6. The quantitative estimate of drug-likeness (QED) is 0.545. The number of aryl methyl sites for hydroxylation is 1. The van der Waals surface area contributed by atoms with Crippen LogP contribution in [0.15, 0.2) is 55.2 Å². The smallest absolute Gasteiger partial charge is 0.147 e. The largest absolute Gasteiger partial charge is 0.352 e. The minimum absolute atomic E-state index is 0.841. The third-order valence-corrected chi connectivity index (χ3v) is 4.99. The van der Waals surface area contributed by atoms with Crippen molar-refractivity contribution in [3.05, 3.63) is 55.2 Å². The molecule has 0 spiro atoms. The summed E-state index contributed by atoms with van der Waals surface area (Å²) < 4.78 is 1.77. The maximum atomic E-state index is 4.78. The highest BCUT2D eigenvalue weighted by molar-refractivity contribution is 5.75. The number of hydrogen-bond acceptors (Lipinski definition) is 7. The van der Waals surface area contributed by atoms with Crippen LogP contribution < -0.4 is 9.80 Å². The number of hydrogen-bond donors (Lipinski definition) is 0. The predicted molar refractivity (Wildman–Crippen MR) is 108 cm³/mol. The van der Waals surface area contributed by atoms with Gasteiger partial charge in [0.25, 0.3) is 0 Å². The van der Waals surface area contributed by atoms with Crippen LogP contribution in [0.2, 0.25) is 0 Å². The molecule has 28 heavy (non-hydrogen) atoms. The molecule has 140 valence electrons. The molecule has 0 N–H and O–H groups in total. The van der Waals surface area contributed by atoms with Crippen molar-refractivity contribution in [3.63, 3.8) is 0 Å². The van der Waals surface area contributed by atoms with Crippen LogP contribution in [0.5, 0.6) is 0 Å². The second-order valence-electron chi connectivity index (χ2n) is 6.86. The molecule has 1 aromatic carbocycles. The Morgan fingerprint density at radius 1 is 0.786 bits per heavy atom. The molecule has 5 rings (SSSR count). The fourth-order valence-corrected chi connectivity index (χ4v) is 3.47. The van der Waals surface area contributed by atoms with Gasteiger partial charge in [0, 0.05) is 45.0 Å². The van der Waals surface area contributed by atoms with E-state index in [0.717, 1.165) is 60.1 Å². The molecule has 0 amide bonds. The van der Waals surface area contributed by atoms with E-state index in [1.54, 1.807) is 10.9 Å². The summed E-state index contributed by atoms with van der Waals surface area (Å²) in [7, 11) is 1.90. The average Bonchev–Trinajstić information content (AvgIpc) is 3.20. The van der Waals surface area contributed by atoms with E-state index in [1.165, 1.54) is 0 Å². The van der Waals surface area contributed by atoms with E-state index in [1.807, 2.05) is 56.1 Å². The van der Waals surface area contributed by atoms with Gasteiger partial charge in [-0.05, 0) is 12.1 Å². The highest BCUT2D eigenvalue weighted by Gasteiger charge is 2.20. The van der Waals surface area contributed by atoms with E-state index in [9.17, 15) is 0 Å². The number of rotatable bonds is 3. The summed E-state index contributed by atoms with van der Waals surface area (Å²) in [4.78, 5) is 23.0. The first kappa shape index (κ1) is 16.6. The Morgan fingerprint density at radius 3 is 2.21 bits per heavy atom. The second-order valence-corrected chi connectivity index (χ2v) is 6.86. The molecule has 1 aliphatic heterocycles. The monoisotopic (exact) mass is 372 g/mol. The van der Waals surface area contributed by atoms with Gasteiger partial charge in [-0.15, -0.1) is 0 Å². The summed E-state index contributed by atoms with van der Waals surface area (Å²) in [5.74, 6) is 1.82. The SMILES string of the molecule is Cn1cc(-c2cncc(N3CCN(c4cnc5ccccc5n4)CC3)n2)cn1. The van der Waals surface area contributed by atoms with Gasteiger partial charge in [0.1, 0.15) is 11.6 Å². The van der Waals surface area contributed by atoms with Crippen LogP contribution in [0.3, 0.4) is 0 Å². The van der Waals surface area contributed by atoms with E-state index in [0.29, 0.717) is 0 Å².